The number of nitrogens with zero attached hydrogens (tertiary/aromatic N) is 2. The van der Waals surface area contributed by atoms with Crippen molar-refractivity contribution >= 4 is 17.3 Å². The van der Waals surface area contributed by atoms with Crippen LogP contribution in [0.15, 0.2) is 36.9 Å². The Hall–Kier alpha value is -2.67. The molecule has 0 aromatic carbocycles. The molecule has 6 N–H and O–H groups in total. The number of rotatable bonds is 4. The molecule has 2 heterocycles. The Morgan fingerprint density at radius 3 is 2.00 bits per heavy atom. The van der Waals surface area contributed by atoms with Crippen molar-refractivity contribution in [3.8, 4) is 0 Å². The van der Waals surface area contributed by atoms with Crippen LogP contribution in [0, 0.1) is 0 Å². The Kier molecular flexibility index (Phi) is 6.62. The van der Waals surface area contributed by atoms with Crippen LogP contribution < -0.4 is 11.5 Å². The first-order chi connectivity index (χ1) is 10.0. The number of aliphatic hydroxyl groups excluding tert-OH is 1. The van der Waals surface area contributed by atoms with Crippen LogP contribution in [-0.4, -0.2) is 32.8 Å². The highest BCUT2D eigenvalue weighted by Crippen LogP contribution is 2.09. The van der Waals surface area contributed by atoms with Gasteiger partial charge in [-0.3, -0.25) is 14.8 Å². The van der Waals surface area contributed by atoms with Gasteiger partial charge in [0, 0.05) is 19.0 Å². The van der Waals surface area contributed by atoms with Crippen molar-refractivity contribution in [2.45, 2.75) is 12.8 Å². The second kappa shape index (κ2) is 8.49. The zero-order valence-electron chi connectivity index (χ0n) is 11.4. The number of pyridine rings is 2. The van der Waals surface area contributed by atoms with Crippen LogP contribution in [-0.2, 0) is 17.6 Å². The minimum Gasteiger partial charge on any atom is -0.481 e. The van der Waals surface area contributed by atoms with Crippen molar-refractivity contribution < 1.29 is 15.0 Å². The van der Waals surface area contributed by atoms with Crippen molar-refractivity contribution in [1.82, 2.24) is 9.97 Å². The van der Waals surface area contributed by atoms with Gasteiger partial charge in [-0.15, -0.1) is 0 Å². The van der Waals surface area contributed by atoms with Gasteiger partial charge in [0.2, 0.25) is 0 Å². The highest BCUT2D eigenvalue weighted by molar-refractivity contribution is 5.72. The molecule has 0 aliphatic heterocycles. The van der Waals surface area contributed by atoms with E-state index in [1.54, 1.807) is 18.5 Å². The predicted octanol–water partition coefficient (Wildman–Crippen LogP) is 0.489. The molecular weight excluding hydrogens is 272 g/mol. The standard InChI is InChI=1S/C7H8N2O2.C7H10N2O/c8-6-4-9-2-1-5(6)3-7(10)11;8-7-5-9-3-1-6(7)2-4-10/h1-2,4H,3,8H2,(H,10,11);1,3,5,10H,2,4,8H2. The van der Waals surface area contributed by atoms with Crippen LogP contribution in [0.25, 0.3) is 0 Å². The van der Waals surface area contributed by atoms with Crippen LogP contribution in [0.5, 0.6) is 0 Å². The number of hydrogen-bond acceptors (Lipinski definition) is 6. The number of carboxylic acid groups (broad SMARTS) is 1. The monoisotopic (exact) mass is 290 g/mol. The summed E-state index contributed by atoms with van der Waals surface area (Å²) in [6.45, 7) is 0.133. The number of aliphatic hydroxyl groups is 1. The summed E-state index contributed by atoms with van der Waals surface area (Å²) in [5.41, 5.74) is 13.6. The lowest BCUT2D eigenvalue weighted by Crippen LogP contribution is -2.03. The molecule has 0 spiro atoms. The average Bonchev–Trinajstić information content (AvgIpc) is 2.45. The van der Waals surface area contributed by atoms with Crippen LogP contribution in [0.4, 0.5) is 11.4 Å². The smallest absolute Gasteiger partial charge is 0.307 e. The summed E-state index contributed by atoms with van der Waals surface area (Å²) < 4.78 is 0. The molecule has 0 unspecified atom stereocenters. The third-order valence-corrected chi connectivity index (χ3v) is 2.62. The lowest BCUT2D eigenvalue weighted by atomic mass is 10.2. The quantitative estimate of drug-likeness (QED) is 0.643. The van der Waals surface area contributed by atoms with Gasteiger partial charge in [-0.25, -0.2) is 0 Å². The second-order valence-corrected chi connectivity index (χ2v) is 4.19. The molecule has 0 saturated heterocycles. The molecule has 0 saturated carbocycles. The third kappa shape index (κ3) is 5.87. The number of anilines is 2. The summed E-state index contributed by atoms with van der Waals surface area (Å²) in [6, 6.07) is 3.41. The summed E-state index contributed by atoms with van der Waals surface area (Å²) in [7, 11) is 0. The van der Waals surface area contributed by atoms with E-state index < -0.39 is 5.97 Å². The molecule has 21 heavy (non-hydrogen) atoms. The fraction of sp³-hybridized carbons (Fsp3) is 0.214. The van der Waals surface area contributed by atoms with Crippen LogP contribution in [0.2, 0.25) is 0 Å². The van der Waals surface area contributed by atoms with Gasteiger partial charge in [0.15, 0.2) is 0 Å². The number of nitrogens with two attached hydrogens (primary N) is 2. The molecule has 0 bridgehead atoms. The SMILES string of the molecule is Nc1cnccc1CC(=O)O.Nc1cnccc1CCO. The Morgan fingerprint density at radius 2 is 1.57 bits per heavy atom. The number of carbonyl (C=O) groups is 1. The van der Waals surface area contributed by atoms with E-state index >= 15 is 0 Å². The minimum atomic E-state index is -0.886. The van der Waals surface area contributed by atoms with Gasteiger partial charge < -0.3 is 21.7 Å². The first-order valence-electron chi connectivity index (χ1n) is 6.24. The van der Waals surface area contributed by atoms with Crippen molar-refractivity contribution in [2.24, 2.45) is 0 Å². The molecule has 2 aromatic rings. The predicted molar refractivity (Wildman–Crippen MR) is 79.4 cm³/mol. The number of hydrogen-bond donors (Lipinski definition) is 4. The first-order valence-corrected chi connectivity index (χ1v) is 6.24. The molecule has 7 heteroatoms. The summed E-state index contributed by atoms with van der Waals surface area (Å²) in [4.78, 5) is 17.8. The van der Waals surface area contributed by atoms with E-state index in [0.717, 1.165) is 5.56 Å². The summed E-state index contributed by atoms with van der Waals surface area (Å²) in [5.74, 6) is -0.886. The minimum absolute atomic E-state index is 0.0473. The second-order valence-electron chi connectivity index (χ2n) is 4.19. The fourth-order valence-corrected chi connectivity index (χ4v) is 1.54. The topological polar surface area (TPSA) is 135 Å². The molecule has 0 atom stereocenters. The number of aromatic nitrogens is 2. The van der Waals surface area contributed by atoms with E-state index in [0.29, 0.717) is 23.4 Å². The summed E-state index contributed by atoms with van der Waals surface area (Å²) >= 11 is 0. The zero-order valence-corrected chi connectivity index (χ0v) is 11.4. The molecule has 0 aliphatic carbocycles. The third-order valence-electron chi connectivity index (χ3n) is 2.62. The van der Waals surface area contributed by atoms with E-state index in [1.165, 1.54) is 12.4 Å². The van der Waals surface area contributed by atoms with Crippen LogP contribution in [0.1, 0.15) is 11.1 Å². The van der Waals surface area contributed by atoms with E-state index in [4.69, 9.17) is 21.7 Å². The fourth-order valence-electron chi connectivity index (χ4n) is 1.54. The maximum atomic E-state index is 10.2. The van der Waals surface area contributed by atoms with Crippen molar-refractivity contribution in [1.29, 1.82) is 0 Å². The maximum Gasteiger partial charge on any atom is 0.307 e. The van der Waals surface area contributed by atoms with Gasteiger partial charge in [-0.1, -0.05) is 0 Å². The summed E-state index contributed by atoms with van der Waals surface area (Å²) in [5, 5.41) is 17.0. The molecule has 0 amide bonds. The molecule has 0 fully saturated rings. The van der Waals surface area contributed by atoms with E-state index in [2.05, 4.69) is 9.97 Å². The number of aliphatic carboxylic acids is 1. The van der Waals surface area contributed by atoms with E-state index in [-0.39, 0.29) is 13.0 Å². The van der Waals surface area contributed by atoms with Gasteiger partial charge in [0.1, 0.15) is 0 Å². The highest BCUT2D eigenvalue weighted by atomic mass is 16.4. The molecule has 0 aliphatic rings. The zero-order chi connectivity index (χ0) is 15.7. The van der Waals surface area contributed by atoms with Crippen molar-refractivity contribution in [3.63, 3.8) is 0 Å². The van der Waals surface area contributed by atoms with Crippen molar-refractivity contribution in [3.05, 3.63) is 48.0 Å². The van der Waals surface area contributed by atoms with Crippen LogP contribution >= 0.6 is 0 Å². The Labute approximate surface area is 122 Å². The maximum absolute atomic E-state index is 10.2. The molecule has 2 aromatic heterocycles. The highest BCUT2D eigenvalue weighted by Gasteiger charge is 2.02. The van der Waals surface area contributed by atoms with Gasteiger partial charge in [0.25, 0.3) is 0 Å². The molecule has 2 rings (SSSR count). The van der Waals surface area contributed by atoms with Gasteiger partial charge in [-0.2, -0.15) is 0 Å². The van der Waals surface area contributed by atoms with Crippen LogP contribution in [0.3, 0.4) is 0 Å². The Morgan fingerprint density at radius 1 is 1.05 bits per heavy atom. The normalized spacial score (nSPS) is 9.57. The van der Waals surface area contributed by atoms with E-state index in [1.807, 2.05) is 6.07 Å². The Balaban J connectivity index is 0.000000211. The van der Waals surface area contributed by atoms with Gasteiger partial charge in [-0.05, 0) is 29.7 Å². The lowest BCUT2D eigenvalue weighted by Gasteiger charge is -1.99. The van der Waals surface area contributed by atoms with Gasteiger partial charge >= 0.3 is 5.97 Å². The first kappa shape index (κ1) is 16.4. The molecular formula is C14H18N4O3. The lowest BCUT2D eigenvalue weighted by molar-refractivity contribution is -0.136. The van der Waals surface area contributed by atoms with Crippen molar-refractivity contribution in [2.75, 3.05) is 18.1 Å². The number of nitrogen functional groups attached to an aromatic ring is 2. The Bertz CT molecular complexity index is 590. The van der Waals surface area contributed by atoms with E-state index in [9.17, 15) is 4.79 Å². The number of carboxylic acids is 1. The molecule has 7 nitrogen and oxygen atoms in total. The largest absolute Gasteiger partial charge is 0.481 e. The molecule has 112 valence electrons. The summed E-state index contributed by atoms with van der Waals surface area (Å²) in [6.07, 6.45) is 6.78. The molecule has 0 radical (unpaired) electrons. The average molecular weight is 290 g/mol. The van der Waals surface area contributed by atoms with Gasteiger partial charge in [0.05, 0.1) is 30.2 Å².